The summed E-state index contributed by atoms with van der Waals surface area (Å²) in [5.41, 5.74) is 3.75. The van der Waals surface area contributed by atoms with Gasteiger partial charge in [-0.1, -0.05) is 29.4 Å². The zero-order valence-corrected chi connectivity index (χ0v) is 14.0. The molecule has 24 heavy (non-hydrogen) atoms. The van der Waals surface area contributed by atoms with E-state index in [-0.39, 0.29) is 5.91 Å². The van der Waals surface area contributed by atoms with Crippen molar-refractivity contribution in [2.24, 2.45) is 0 Å². The molecule has 0 aliphatic heterocycles. The maximum atomic E-state index is 13.1. The van der Waals surface area contributed by atoms with Crippen LogP contribution in [-0.2, 0) is 6.54 Å². The zero-order valence-electron chi connectivity index (χ0n) is 14.0. The summed E-state index contributed by atoms with van der Waals surface area (Å²) in [6, 6.07) is 15.0. The first kappa shape index (κ1) is 15.9. The highest BCUT2D eigenvalue weighted by Crippen LogP contribution is 2.22. The molecule has 3 aromatic rings. The van der Waals surface area contributed by atoms with Crippen molar-refractivity contribution in [3.05, 3.63) is 76.9 Å². The van der Waals surface area contributed by atoms with E-state index in [1.807, 2.05) is 63.2 Å². The number of benzene rings is 1. The predicted octanol–water partition coefficient (Wildman–Crippen LogP) is 3.84. The van der Waals surface area contributed by atoms with Crippen LogP contribution in [0.5, 0.6) is 0 Å². The van der Waals surface area contributed by atoms with Gasteiger partial charge in [0.1, 0.15) is 11.5 Å². The molecular weight excluding hydrogens is 302 g/mol. The minimum Gasteiger partial charge on any atom is -0.361 e. The van der Waals surface area contributed by atoms with Gasteiger partial charge in [0.15, 0.2) is 0 Å². The molecule has 0 saturated heterocycles. The Morgan fingerprint density at radius 3 is 2.42 bits per heavy atom. The molecule has 122 valence electrons. The molecule has 0 fully saturated rings. The number of nitrogens with zero attached hydrogens (tertiary/aromatic N) is 3. The van der Waals surface area contributed by atoms with Crippen molar-refractivity contribution in [3.8, 4) is 0 Å². The fourth-order valence-electron chi connectivity index (χ4n) is 2.57. The molecular formula is C19H19N3O2. The lowest BCUT2D eigenvalue weighted by Crippen LogP contribution is -2.31. The number of pyridine rings is 1. The van der Waals surface area contributed by atoms with Gasteiger partial charge in [-0.25, -0.2) is 4.98 Å². The van der Waals surface area contributed by atoms with Gasteiger partial charge in [-0.3, -0.25) is 4.79 Å². The van der Waals surface area contributed by atoms with Crippen LogP contribution in [0.15, 0.2) is 53.1 Å². The van der Waals surface area contributed by atoms with Crippen molar-refractivity contribution >= 4 is 11.6 Å². The summed E-state index contributed by atoms with van der Waals surface area (Å²) in [6.07, 6.45) is 0. The van der Waals surface area contributed by atoms with Crippen LogP contribution in [0.3, 0.4) is 0 Å². The first-order valence-corrected chi connectivity index (χ1v) is 7.78. The Kier molecular flexibility index (Phi) is 4.42. The Hall–Kier alpha value is -2.95. The zero-order chi connectivity index (χ0) is 17.1. The molecule has 1 aromatic carbocycles. The van der Waals surface area contributed by atoms with Gasteiger partial charge in [-0.05, 0) is 45.0 Å². The summed E-state index contributed by atoms with van der Waals surface area (Å²) in [5.74, 6) is 0.573. The van der Waals surface area contributed by atoms with Gasteiger partial charge >= 0.3 is 0 Å². The molecule has 0 radical (unpaired) electrons. The van der Waals surface area contributed by atoms with Crippen LogP contribution in [0.25, 0.3) is 0 Å². The Morgan fingerprint density at radius 1 is 1.04 bits per heavy atom. The Balaban J connectivity index is 2.01. The van der Waals surface area contributed by atoms with Crippen LogP contribution in [0.1, 0.15) is 33.2 Å². The van der Waals surface area contributed by atoms with Gasteiger partial charge in [-0.2, -0.15) is 0 Å². The fourth-order valence-corrected chi connectivity index (χ4v) is 2.57. The molecule has 0 unspecified atom stereocenters. The molecule has 0 spiro atoms. The summed E-state index contributed by atoms with van der Waals surface area (Å²) in [5, 5.41) is 3.98. The molecule has 0 atom stereocenters. The minimum absolute atomic E-state index is 0.148. The lowest BCUT2D eigenvalue weighted by atomic mass is 10.1. The first-order valence-electron chi connectivity index (χ1n) is 7.78. The van der Waals surface area contributed by atoms with Gasteiger partial charge in [-0.15, -0.1) is 0 Å². The molecule has 5 nitrogen and oxygen atoms in total. The third-order valence-electron chi connectivity index (χ3n) is 3.92. The molecule has 3 rings (SSSR count). The summed E-state index contributed by atoms with van der Waals surface area (Å²) in [6.45, 7) is 6.00. The highest BCUT2D eigenvalue weighted by Gasteiger charge is 2.22. The largest absolute Gasteiger partial charge is 0.361 e. The monoisotopic (exact) mass is 321 g/mol. The summed E-state index contributed by atoms with van der Waals surface area (Å²) in [4.78, 5) is 19.1. The van der Waals surface area contributed by atoms with Crippen molar-refractivity contribution in [3.63, 3.8) is 0 Å². The van der Waals surface area contributed by atoms with Crippen molar-refractivity contribution < 1.29 is 9.32 Å². The standard InChI is InChI=1S/C19H19N3O2/c1-13-8-7-11-18(20-13)19(23)22(16-9-5-4-6-10-16)12-17-14(2)21-24-15(17)3/h4-11H,12H2,1-3H3. The van der Waals surface area contributed by atoms with E-state index >= 15 is 0 Å². The highest BCUT2D eigenvalue weighted by molar-refractivity contribution is 6.04. The van der Waals surface area contributed by atoms with Crippen LogP contribution in [0.2, 0.25) is 0 Å². The molecule has 2 heterocycles. The SMILES string of the molecule is Cc1cccc(C(=O)N(Cc2c(C)noc2C)c2ccccc2)n1. The Labute approximate surface area is 140 Å². The van der Waals surface area contributed by atoms with E-state index in [0.717, 1.165) is 28.4 Å². The van der Waals surface area contributed by atoms with E-state index in [9.17, 15) is 4.79 Å². The van der Waals surface area contributed by atoms with Crippen molar-refractivity contribution in [2.45, 2.75) is 27.3 Å². The van der Waals surface area contributed by atoms with Crippen molar-refractivity contribution in [1.82, 2.24) is 10.1 Å². The lowest BCUT2D eigenvalue weighted by molar-refractivity contribution is 0.0980. The van der Waals surface area contributed by atoms with Gasteiger partial charge in [0, 0.05) is 16.9 Å². The molecule has 0 aliphatic rings. The molecule has 1 amide bonds. The van der Waals surface area contributed by atoms with Crippen molar-refractivity contribution in [2.75, 3.05) is 4.90 Å². The van der Waals surface area contributed by atoms with Crippen LogP contribution >= 0.6 is 0 Å². The van der Waals surface area contributed by atoms with Gasteiger partial charge in [0.25, 0.3) is 5.91 Å². The first-order chi connectivity index (χ1) is 11.6. The van der Waals surface area contributed by atoms with Crippen LogP contribution in [-0.4, -0.2) is 16.0 Å². The number of rotatable bonds is 4. The molecule has 0 aliphatic carbocycles. The molecule has 0 saturated carbocycles. The molecule has 5 heteroatoms. The topological polar surface area (TPSA) is 59.2 Å². The lowest BCUT2D eigenvalue weighted by Gasteiger charge is -2.22. The van der Waals surface area contributed by atoms with E-state index in [1.54, 1.807) is 11.0 Å². The van der Waals surface area contributed by atoms with Gasteiger partial charge in [0.05, 0.1) is 12.2 Å². The minimum atomic E-state index is -0.148. The second kappa shape index (κ2) is 6.66. The average molecular weight is 321 g/mol. The summed E-state index contributed by atoms with van der Waals surface area (Å²) in [7, 11) is 0. The smallest absolute Gasteiger partial charge is 0.277 e. The summed E-state index contributed by atoms with van der Waals surface area (Å²) >= 11 is 0. The molecule has 2 aromatic heterocycles. The third kappa shape index (κ3) is 3.20. The van der Waals surface area contributed by atoms with E-state index in [1.165, 1.54) is 0 Å². The number of hydrogen-bond acceptors (Lipinski definition) is 4. The van der Waals surface area contributed by atoms with E-state index in [2.05, 4.69) is 10.1 Å². The summed E-state index contributed by atoms with van der Waals surface area (Å²) < 4.78 is 5.23. The second-order valence-electron chi connectivity index (χ2n) is 5.69. The maximum Gasteiger partial charge on any atom is 0.277 e. The number of hydrogen-bond donors (Lipinski definition) is 0. The van der Waals surface area contributed by atoms with Crippen molar-refractivity contribution in [1.29, 1.82) is 0 Å². The van der Waals surface area contributed by atoms with Crippen LogP contribution in [0.4, 0.5) is 5.69 Å². The van der Waals surface area contributed by atoms with E-state index in [0.29, 0.717) is 12.2 Å². The van der Waals surface area contributed by atoms with Crippen LogP contribution in [0, 0.1) is 20.8 Å². The van der Waals surface area contributed by atoms with Gasteiger partial charge < -0.3 is 9.42 Å². The highest BCUT2D eigenvalue weighted by atomic mass is 16.5. The molecule has 0 N–H and O–H groups in total. The third-order valence-corrected chi connectivity index (χ3v) is 3.92. The van der Waals surface area contributed by atoms with E-state index < -0.39 is 0 Å². The Bertz CT molecular complexity index is 837. The quantitative estimate of drug-likeness (QED) is 0.732. The predicted molar refractivity (Wildman–Crippen MR) is 91.9 cm³/mol. The number of aryl methyl sites for hydroxylation is 3. The number of amides is 1. The maximum absolute atomic E-state index is 13.1. The number of aromatic nitrogens is 2. The number of anilines is 1. The number of para-hydroxylation sites is 1. The number of carbonyl (C=O) groups excluding carboxylic acids is 1. The number of carbonyl (C=O) groups is 1. The van der Waals surface area contributed by atoms with Gasteiger partial charge in [0.2, 0.25) is 0 Å². The van der Waals surface area contributed by atoms with E-state index in [4.69, 9.17) is 4.52 Å². The fraction of sp³-hybridized carbons (Fsp3) is 0.211. The van der Waals surface area contributed by atoms with Crippen LogP contribution < -0.4 is 4.90 Å². The average Bonchev–Trinajstić information content (AvgIpc) is 2.91. The Morgan fingerprint density at radius 2 is 1.79 bits per heavy atom. The molecule has 0 bridgehead atoms. The second-order valence-corrected chi connectivity index (χ2v) is 5.69. The normalized spacial score (nSPS) is 10.6.